The number of nitrogens with one attached hydrogen (secondary N) is 1. The van der Waals surface area contributed by atoms with Crippen LogP contribution >= 0.6 is 52.2 Å². The van der Waals surface area contributed by atoms with Crippen LogP contribution in [0.15, 0.2) is 14.5 Å². The van der Waals surface area contributed by atoms with Gasteiger partial charge in [0.1, 0.15) is 9.63 Å². The molecule has 0 saturated heterocycles. The van der Waals surface area contributed by atoms with Gasteiger partial charge >= 0.3 is 0 Å². The maximum atomic E-state index is 4.24. The first-order chi connectivity index (χ1) is 4.79. The standard InChI is InChI=1S/C4H4BrN3S2.ClH/c1-8-3(5)2-4(6-8)10-7-9-2;/h7H,1H3;1H. The van der Waals surface area contributed by atoms with Crippen molar-refractivity contribution in [1.29, 1.82) is 0 Å². The Bertz CT molecular complexity index is 277. The van der Waals surface area contributed by atoms with Crippen LogP contribution in [0.3, 0.4) is 0 Å². The van der Waals surface area contributed by atoms with E-state index in [0.717, 1.165) is 9.63 Å². The third-order valence-corrected chi connectivity index (χ3v) is 4.23. The molecule has 0 spiro atoms. The maximum absolute atomic E-state index is 4.24. The maximum Gasteiger partial charge on any atom is 0.150 e. The largest absolute Gasteiger partial charge is 0.259 e. The van der Waals surface area contributed by atoms with E-state index in [4.69, 9.17) is 0 Å². The van der Waals surface area contributed by atoms with Crippen LogP contribution in [0, 0.1) is 0 Å². The van der Waals surface area contributed by atoms with Crippen LogP contribution in [0.5, 0.6) is 0 Å². The van der Waals surface area contributed by atoms with Crippen molar-refractivity contribution in [2.24, 2.45) is 7.05 Å². The zero-order chi connectivity index (χ0) is 7.14. The van der Waals surface area contributed by atoms with Gasteiger partial charge in [0.05, 0.1) is 4.90 Å². The summed E-state index contributed by atoms with van der Waals surface area (Å²) in [7, 11) is 1.92. The van der Waals surface area contributed by atoms with E-state index in [1.165, 1.54) is 4.90 Å². The van der Waals surface area contributed by atoms with Gasteiger partial charge in [-0.3, -0.25) is 4.68 Å². The van der Waals surface area contributed by atoms with E-state index in [1.54, 1.807) is 23.9 Å². The lowest BCUT2D eigenvalue weighted by Crippen LogP contribution is -1.91. The van der Waals surface area contributed by atoms with Gasteiger partial charge in [-0.2, -0.15) is 9.23 Å². The van der Waals surface area contributed by atoms with Gasteiger partial charge in [0.25, 0.3) is 0 Å². The van der Waals surface area contributed by atoms with E-state index in [-0.39, 0.29) is 12.4 Å². The van der Waals surface area contributed by atoms with Crippen molar-refractivity contribution in [2.45, 2.75) is 9.92 Å². The minimum Gasteiger partial charge on any atom is -0.259 e. The highest BCUT2D eigenvalue weighted by Crippen LogP contribution is 2.40. The van der Waals surface area contributed by atoms with E-state index in [1.807, 2.05) is 11.7 Å². The Labute approximate surface area is 87.5 Å². The highest BCUT2D eigenvalue weighted by molar-refractivity contribution is 9.10. The fourth-order valence-electron chi connectivity index (χ4n) is 0.715. The summed E-state index contributed by atoms with van der Waals surface area (Å²) in [5.41, 5.74) is 0. The van der Waals surface area contributed by atoms with Gasteiger partial charge in [-0.1, -0.05) is 0 Å². The number of hydrogen-bond acceptors (Lipinski definition) is 4. The van der Waals surface area contributed by atoms with Gasteiger partial charge in [0.2, 0.25) is 0 Å². The fraction of sp³-hybridized carbons (Fsp3) is 0.250. The summed E-state index contributed by atoms with van der Waals surface area (Å²) in [5, 5.41) is 5.30. The van der Waals surface area contributed by atoms with Crippen molar-refractivity contribution in [2.75, 3.05) is 0 Å². The summed E-state index contributed by atoms with van der Waals surface area (Å²) >= 11 is 6.58. The van der Waals surface area contributed by atoms with Crippen LogP contribution in [-0.2, 0) is 7.05 Å². The van der Waals surface area contributed by atoms with Gasteiger partial charge in [-0.05, 0) is 39.8 Å². The molecule has 0 saturated carbocycles. The number of nitrogens with zero attached hydrogens (tertiary/aromatic N) is 2. The molecule has 0 aliphatic carbocycles. The van der Waals surface area contributed by atoms with Crippen LogP contribution < -0.4 is 4.13 Å². The summed E-state index contributed by atoms with van der Waals surface area (Å²) in [6.45, 7) is 0. The Morgan fingerprint density at radius 2 is 2.27 bits per heavy atom. The second-order valence-electron chi connectivity index (χ2n) is 1.84. The third-order valence-electron chi connectivity index (χ3n) is 1.19. The molecule has 1 N–H and O–H groups in total. The number of fused-ring (bicyclic) bond motifs is 1. The minimum atomic E-state index is 0. The molecular weight excluding hydrogens is 270 g/mol. The smallest absolute Gasteiger partial charge is 0.150 e. The quantitative estimate of drug-likeness (QED) is 0.735. The second kappa shape index (κ2) is 3.57. The number of hydrogen-bond donors (Lipinski definition) is 1. The van der Waals surface area contributed by atoms with Gasteiger partial charge in [-0.15, -0.1) is 12.4 Å². The molecule has 1 aliphatic rings. The first-order valence-electron chi connectivity index (χ1n) is 2.60. The van der Waals surface area contributed by atoms with Crippen molar-refractivity contribution in [3.8, 4) is 0 Å². The highest BCUT2D eigenvalue weighted by Gasteiger charge is 2.20. The summed E-state index contributed by atoms with van der Waals surface area (Å²) in [4.78, 5) is 1.19. The number of halogens is 2. The Kier molecular flexibility index (Phi) is 3.16. The molecule has 1 aromatic rings. The van der Waals surface area contributed by atoms with Crippen LogP contribution in [0.2, 0.25) is 0 Å². The monoisotopic (exact) mass is 273 g/mol. The fourth-order valence-corrected chi connectivity index (χ4v) is 3.12. The predicted molar refractivity (Wildman–Crippen MR) is 53.0 cm³/mol. The van der Waals surface area contributed by atoms with Crippen LogP contribution in [0.25, 0.3) is 0 Å². The summed E-state index contributed by atoms with van der Waals surface area (Å²) in [5.74, 6) is 0. The molecule has 1 aromatic heterocycles. The molecular formula is C4H5BrClN3S2. The van der Waals surface area contributed by atoms with Gasteiger partial charge < -0.3 is 0 Å². The lowest BCUT2D eigenvalue weighted by molar-refractivity contribution is 0.723. The van der Waals surface area contributed by atoms with Crippen molar-refractivity contribution in [3.63, 3.8) is 0 Å². The zero-order valence-corrected chi connectivity index (χ0v) is 9.53. The average Bonchev–Trinajstić information content (AvgIpc) is 2.41. The summed E-state index contributed by atoms with van der Waals surface area (Å²) in [6.07, 6.45) is 0. The lowest BCUT2D eigenvalue weighted by atomic mass is 10.7. The highest BCUT2D eigenvalue weighted by atomic mass is 79.9. The van der Waals surface area contributed by atoms with Crippen LogP contribution in [-0.4, -0.2) is 9.78 Å². The van der Waals surface area contributed by atoms with Gasteiger partial charge in [0.15, 0.2) is 0 Å². The Morgan fingerprint density at radius 1 is 1.55 bits per heavy atom. The van der Waals surface area contributed by atoms with Crippen molar-refractivity contribution < 1.29 is 0 Å². The van der Waals surface area contributed by atoms with Crippen molar-refractivity contribution in [1.82, 2.24) is 13.9 Å². The Morgan fingerprint density at radius 3 is 2.91 bits per heavy atom. The van der Waals surface area contributed by atoms with E-state index in [9.17, 15) is 0 Å². The topological polar surface area (TPSA) is 29.9 Å². The molecule has 1 aliphatic heterocycles. The number of rotatable bonds is 0. The normalized spacial score (nSPS) is 14.4. The Balaban J connectivity index is 0.000000605. The minimum absolute atomic E-state index is 0. The van der Waals surface area contributed by atoms with Crippen molar-refractivity contribution in [3.05, 3.63) is 4.60 Å². The molecule has 0 radical (unpaired) electrons. The summed E-state index contributed by atoms with van der Waals surface area (Å²) in [6, 6.07) is 0. The first-order valence-corrected chi connectivity index (χ1v) is 5.03. The number of aryl methyl sites for hydroxylation is 1. The molecule has 11 heavy (non-hydrogen) atoms. The lowest BCUT2D eigenvalue weighted by Gasteiger charge is -1.92. The molecule has 0 bridgehead atoms. The van der Waals surface area contributed by atoms with E-state index in [0.29, 0.717) is 0 Å². The molecule has 2 rings (SSSR count). The average molecular weight is 275 g/mol. The molecule has 0 fully saturated rings. The Hall–Kier alpha value is 0.640. The SMILES string of the molecule is Cl.Cn1nc2c(c1Br)SNS2. The number of aromatic nitrogens is 2. The van der Waals surface area contributed by atoms with Crippen LogP contribution in [0.4, 0.5) is 0 Å². The van der Waals surface area contributed by atoms with Crippen molar-refractivity contribution >= 4 is 52.2 Å². The molecule has 0 atom stereocenters. The molecule has 0 aromatic carbocycles. The molecule has 0 amide bonds. The van der Waals surface area contributed by atoms with Gasteiger partial charge in [0, 0.05) is 7.05 Å². The molecule has 2 heterocycles. The third kappa shape index (κ3) is 1.55. The van der Waals surface area contributed by atoms with Crippen LogP contribution in [0.1, 0.15) is 0 Å². The predicted octanol–water partition coefficient (Wildman–Crippen LogP) is 2.22. The molecule has 7 heteroatoms. The van der Waals surface area contributed by atoms with E-state index < -0.39 is 0 Å². The zero-order valence-electron chi connectivity index (χ0n) is 5.50. The summed E-state index contributed by atoms with van der Waals surface area (Å²) < 4.78 is 5.93. The molecule has 3 nitrogen and oxygen atoms in total. The second-order valence-corrected chi connectivity index (χ2v) is 4.46. The first kappa shape index (κ1) is 9.73. The van der Waals surface area contributed by atoms with E-state index >= 15 is 0 Å². The van der Waals surface area contributed by atoms with E-state index in [2.05, 4.69) is 25.2 Å². The molecule has 0 unspecified atom stereocenters. The van der Waals surface area contributed by atoms with Gasteiger partial charge in [-0.25, -0.2) is 0 Å². The molecule has 62 valence electrons.